The standard InChI is InChI=1S/C28H34N4O4/c29-13-17-35-23-8-6-21(7-9-23)27(20-4-2-1-3-5-20)22-10-14-31(15-11-22)28(34)32-16-12-25-24(18-32)30-26(33)19-36-25/h1-9,24-25H,10-19,29H2,(H,30,33)/t24-,25+/m1/s1. The van der Waals surface area contributed by atoms with Gasteiger partial charge in [0, 0.05) is 32.7 Å². The SMILES string of the molecule is NCCOc1ccc(C(=C2CCN(C(=O)N3CC[C@@H]4OCC(=O)N[C@@H]4C3)CC2)c2ccccc2)cc1. The van der Waals surface area contributed by atoms with Gasteiger partial charge in [-0.15, -0.1) is 0 Å². The maximum Gasteiger partial charge on any atom is 0.320 e. The summed E-state index contributed by atoms with van der Waals surface area (Å²) >= 11 is 0. The van der Waals surface area contributed by atoms with Gasteiger partial charge in [0.05, 0.1) is 12.1 Å². The lowest BCUT2D eigenvalue weighted by Gasteiger charge is -2.43. The Kier molecular flexibility index (Phi) is 7.53. The molecule has 3 aliphatic rings. The van der Waals surface area contributed by atoms with Crippen molar-refractivity contribution in [1.29, 1.82) is 0 Å². The third-order valence-electron chi connectivity index (χ3n) is 7.18. The molecule has 3 aliphatic heterocycles. The molecule has 8 heteroatoms. The van der Waals surface area contributed by atoms with Crippen LogP contribution < -0.4 is 15.8 Å². The molecule has 0 aromatic heterocycles. The molecular weight excluding hydrogens is 456 g/mol. The minimum Gasteiger partial charge on any atom is -0.492 e. The minimum atomic E-state index is -0.120. The van der Waals surface area contributed by atoms with E-state index in [1.807, 2.05) is 28.0 Å². The summed E-state index contributed by atoms with van der Waals surface area (Å²) in [5.74, 6) is 0.705. The number of carbonyl (C=O) groups excluding carboxylic acids is 2. The number of nitrogens with two attached hydrogens (primary N) is 1. The van der Waals surface area contributed by atoms with Gasteiger partial charge in [-0.05, 0) is 48.1 Å². The van der Waals surface area contributed by atoms with Crippen LogP contribution in [0.1, 0.15) is 30.4 Å². The number of hydrogen-bond acceptors (Lipinski definition) is 5. The molecular formula is C28H34N4O4. The van der Waals surface area contributed by atoms with Crippen LogP contribution in [0.5, 0.6) is 5.75 Å². The Hall–Kier alpha value is -3.36. The van der Waals surface area contributed by atoms with Gasteiger partial charge in [-0.3, -0.25) is 4.79 Å². The number of piperidine rings is 2. The maximum atomic E-state index is 13.3. The summed E-state index contributed by atoms with van der Waals surface area (Å²) in [4.78, 5) is 28.8. The van der Waals surface area contributed by atoms with E-state index in [0.717, 1.165) is 30.6 Å². The molecule has 3 saturated heterocycles. The number of rotatable bonds is 5. The van der Waals surface area contributed by atoms with E-state index in [1.54, 1.807) is 0 Å². The van der Waals surface area contributed by atoms with E-state index in [9.17, 15) is 9.59 Å². The fourth-order valence-electron chi connectivity index (χ4n) is 5.37. The Morgan fingerprint density at radius 2 is 1.72 bits per heavy atom. The van der Waals surface area contributed by atoms with Gasteiger partial charge >= 0.3 is 6.03 Å². The zero-order valence-electron chi connectivity index (χ0n) is 20.5. The molecule has 3 amide bonds. The molecule has 2 aromatic carbocycles. The van der Waals surface area contributed by atoms with Crippen LogP contribution >= 0.6 is 0 Å². The lowest BCUT2D eigenvalue weighted by molar-refractivity contribution is -0.139. The largest absolute Gasteiger partial charge is 0.492 e. The number of amides is 3. The number of urea groups is 1. The highest BCUT2D eigenvalue weighted by Gasteiger charge is 2.37. The molecule has 5 rings (SSSR count). The molecule has 2 atom stereocenters. The van der Waals surface area contributed by atoms with Crippen LogP contribution in [-0.4, -0.2) is 79.8 Å². The Bertz CT molecular complexity index is 1090. The van der Waals surface area contributed by atoms with Gasteiger partial charge in [0.25, 0.3) is 0 Å². The topological polar surface area (TPSA) is 97.1 Å². The zero-order chi connectivity index (χ0) is 24.9. The predicted octanol–water partition coefficient (Wildman–Crippen LogP) is 2.63. The molecule has 8 nitrogen and oxygen atoms in total. The van der Waals surface area contributed by atoms with Crippen molar-refractivity contribution in [2.24, 2.45) is 5.73 Å². The van der Waals surface area contributed by atoms with Gasteiger partial charge < -0.3 is 30.3 Å². The average Bonchev–Trinajstić information content (AvgIpc) is 2.93. The van der Waals surface area contributed by atoms with Crippen LogP contribution in [-0.2, 0) is 9.53 Å². The van der Waals surface area contributed by atoms with E-state index in [4.69, 9.17) is 15.2 Å². The predicted molar refractivity (Wildman–Crippen MR) is 138 cm³/mol. The molecule has 0 unspecified atom stereocenters. The zero-order valence-corrected chi connectivity index (χ0v) is 20.5. The summed E-state index contributed by atoms with van der Waals surface area (Å²) < 4.78 is 11.3. The first-order valence-electron chi connectivity index (χ1n) is 12.8. The van der Waals surface area contributed by atoms with E-state index < -0.39 is 0 Å². The number of benzene rings is 2. The monoisotopic (exact) mass is 490 g/mol. The molecule has 0 bridgehead atoms. The van der Waals surface area contributed by atoms with Crippen LogP contribution in [0.15, 0.2) is 60.2 Å². The third kappa shape index (κ3) is 5.39. The van der Waals surface area contributed by atoms with Crippen molar-refractivity contribution in [3.8, 4) is 5.75 Å². The van der Waals surface area contributed by atoms with E-state index in [-0.39, 0.29) is 30.7 Å². The normalized spacial score (nSPS) is 22.0. The Morgan fingerprint density at radius 1 is 1.00 bits per heavy atom. The first kappa shape index (κ1) is 24.3. The number of morpholine rings is 1. The molecule has 3 heterocycles. The summed E-state index contributed by atoms with van der Waals surface area (Å²) in [5.41, 5.74) is 10.5. The van der Waals surface area contributed by atoms with E-state index in [1.165, 1.54) is 16.7 Å². The van der Waals surface area contributed by atoms with Gasteiger partial charge in [-0.1, -0.05) is 48.0 Å². The van der Waals surface area contributed by atoms with Crippen LogP contribution in [0, 0.1) is 0 Å². The fraction of sp³-hybridized carbons (Fsp3) is 0.429. The second-order valence-corrected chi connectivity index (χ2v) is 9.53. The second kappa shape index (κ2) is 11.1. The molecule has 190 valence electrons. The Balaban J connectivity index is 1.29. The van der Waals surface area contributed by atoms with Crippen LogP contribution in [0.25, 0.3) is 5.57 Å². The smallest absolute Gasteiger partial charge is 0.320 e. The minimum absolute atomic E-state index is 0.00293. The number of ether oxygens (including phenoxy) is 2. The van der Waals surface area contributed by atoms with Crippen molar-refractivity contribution < 1.29 is 19.1 Å². The van der Waals surface area contributed by atoms with Crippen molar-refractivity contribution in [1.82, 2.24) is 15.1 Å². The molecule has 2 aromatic rings. The number of nitrogens with one attached hydrogen (secondary N) is 1. The van der Waals surface area contributed by atoms with Crippen molar-refractivity contribution in [2.75, 3.05) is 45.9 Å². The first-order chi connectivity index (χ1) is 17.6. The molecule has 3 N–H and O–H groups in total. The van der Waals surface area contributed by atoms with E-state index in [2.05, 4.69) is 41.7 Å². The van der Waals surface area contributed by atoms with E-state index in [0.29, 0.717) is 39.3 Å². The molecule has 0 saturated carbocycles. The van der Waals surface area contributed by atoms with Gasteiger partial charge in [0.15, 0.2) is 0 Å². The summed E-state index contributed by atoms with van der Waals surface area (Å²) in [6.45, 7) is 3.60. The van der Waals surface area contributed by atoms with Crippen molar-refractivity contribution in [2.45, 2.75) is 31.4 Å². The highest BCUT2D eigenvalue weighted by molar-refractivity contribution is 5.83. The van der Waals surface area contributed by atoms with Crippen LogP contribution in [0.4, 0.5) is 4.79 Å². The van der Waals surface area contributed by atoms with Gasteiger partial charge in [-0.2, -0.15) is 0 Å². The number of hydrogen-bond donors (Lipinski definition) is 2. The number of carbonyl (C=O) groups is 2. The second-order valence-electron chi connectivity index (χ2n) is 9.53. The highest BCUT2D eigenvalue weighted by atomic mass is 16.5. The van der Waals surface area contributed by atoms with Gasteiger partial charge in [0.1, 0.15) is 19.0 Å². The van der Waals surface area contributed by atoms with Gasteiger partial charge in [-0.25, -0.2) is 4.79 Å². The number of likely N-dealkylation sites (tertiary alicyclic amines) is 2. The molecule has 3 fully saturated rings. The highest BCUT2D eigenvalue weighted by Crippen LogP contribution is 2.33. The van der Waals surface area contributed by atoms with Crippen molar-refractivity contribution in [3.63, 3.8) is 0 Å². The lowest BCUT2D eigenvalue weighted by atomic mass is 9.88. The lowest BCUT2D eigenvalue weighted by Crippen LogP contribution is -2.62. The third-order valence-corrected chi connectivity index (χ3v) is 7.18. The summed E-state index contributed by atoms with van der Waals surface area (Å²) in [6, 6.07) is 18.5. The summed E-state index contributed by atoms with van der Waals surface area (Å²) in [5, 5.41) is 2.98. The molecule has 0 radical (unpaired) electrons. The molecule has 0 aliphatic carbocycles. The fourth-order valence-corrected chi connectivity index (χ4v) is 5.37. The van der Waals surface area contributed by atoms with Crippen LogP contribution in [0.2, 0.25) is 0 Å². The molecule has 0 spiro atoms. The maximum absolute atomic E-state index is 13.3. The van der Waals surface area contributed by atoms with Crippen LogP contribution in [0.3, 0.4) is 0 Å². The van der Waals surface area contributed by atoms with Gasteiger partial charge in [0.2, 0.25) is 5.91 Å². The molecule has 36 heavy (non-hydrogen) atoms. The number of fused-ring (bicyclic) bond motifs is 1. The Morgan fingerprint density at radius 3 is 2.44 bits per heavy atom. The Labute approximate surface area is 212 Å². The first-order valence-corrected chi connectivity index (χ1v) is 12.8. The summed E-state index contributed by atoms with van der Waals surface area (Å²) in [6.07, 6.45) is 2.39. The van der Waals surface area contributed by atoms with Crippen molar-refractivity contribution in [3.05, 3.63) is 71.3 Å². The quantitative estimate of drug-likeness (QED) is 0.672. The average molecular weight is 491 g/mol. The number of nitrogens with zero attached hydrogens (tertiary/aromatic N) is 2. The van der Waals surface area contributed by atoms with E-state index >= 15 is 0 Å². The summed E-state index contributed by atoms with van der Waals surface area (Å²) in [7, 11) is 0. The van der Waals surface area contributed by atoms with Crippen molar-refractivity contribution >= 4 is 17.5 Å².